The second-order valence-electron chi connectivity index (χ2n) is 5.28. The Hall–Kier alpha value is -2.34. The molecule has 0 bridgehead atoms. The van der Waals surface area contributed by atoms with Crippen molar-refractivity contribution >= 4 is 11.6 Å². The molecule has 1 amide bonds. The SMILES string of the molecule is COc1ccc(NC(=O)c2coc(C3CCNCC3)n2)cc1. The molecule has 1 aromatic heterocycles. The number of carbonyl (C=O) groups is 1. The Morgan fingerprint density at radius 1 is 1.32 bits per heavy atom. The average Bonchev–Trinajstić information content (AvgIpc) is 3.06. The van der Waals surface area contributed by atoms with Crippen molar-refractivity contribution in [3.05, 3.63) is 42.1 Å². The number of benzene rings is 1. The molecule has 6 heteroatoms. The van der Waals surface area contributed by atoms with E-state index in [0.717, 1.165) is 31.7 Å². The Balaban J connectivity index is 1.65. The second kappa shape index (κ2) is 6.62. The summed E-state index contributed by atoms with van der Waals surface area (Å²) in [4.78, 5) is 16.5. The van der Waals surface area contributed by atoms with Gasteiger partial charge in [0.25, 0.3) is 5.91 Å². The van der Waals surface area contributed by atoms with Crippen LogP contribution in [-0.4, -0.2) is 31.1 Å². The topological polar surface area (TPSA) is 76.4 Å². The molecule has 0 atom stereocenters. The minimum absolute atomic E-state index is 0.269. The highest BCUT2D eigenvalue weighted by Crippen LogP contribution is 2.24. The molecule has 2 N–H and O–H groups in total. The first-order valence-electron chi connectivity index (χ1n) is 7.38. The lowest BCUT2D eigenvalue weighted by molar-refractivity contribution is 0.102. The largest absolute Gasteiger partial charge is 0.497 e. The molecule has 1 saturated heterocycles. The lowest BCUT2D eigenvalue weighted by atomic mass is 9.98. The molecule has 116 valence electrons. The fraction of sp³-hybridized carbons (Fsp3) is 0.375. The third-order valence-corrected chi connectivity index (χ3v) is 3.79. The number of rotatable bonds is 4. The minimum atomic E-state index is -0.269. The van der Waals surface area contributed by atoms with Crippen molar-refractivity contribution < 1.29 is 13.9 Å². The van der Waals surface area contributed by atoms with Crippen LogP contribution < -0.4 is 15.4 Å². The molecule has 1 fully saturated rings. The summed E-state index contributed by atoms with van der Waals surface area (Å²) in [5.41, 5.74) is 1.00. The Morgan fingerprint density at radius 3 is 2.73 bits per heavy atom. The number of piperidine rings is 1. The van der Waals surface area contributed by atoms with E-state index < -0.39 is 0 Å². The van der Waals surface area contributed by atoms with Crippen molar-refractivity contribution in [2.75, 3.05) is 25.5 Å². The molecule has 2 heterocycles. The number of nitrogens with one attached hydrogen (secondary N) is 2. The van der Waals surface area contributed by atoms with Gasteiger partial charge in [0.05, 0.1) is 7.11 Å². The Bertz CT molecular complexity index is 630. The Morgan fingerprint density at radius 2 is 2.05 bits per heavy atom. The minimum Gasteiger partial charge on any atom is -0.497 e. The molecule has 3 rings (SSSR count). The molecule has 22 heavy (non-hydrogen) atoms. The number of carbonyl (C=O) groups excluding carboxylic acids is 1. The van der Waals surface area contributed by atoms with Gasteiger partial charge in [0.1, 0.15) is 12.0 Å². The summed E-state index contributed by atoms with van der Waals surface area (Å²) in [7, 11) is 1.60. The van der Waals surface area contributed by atoms with Crippen LogP contribution in [0.2, 0.25) is 0 Å². The first-order valence-corrected chi connectivity index (χ1v) is 7.38. The van der Waals surface area contributed by atoms with E-state index in [0.29, 0.717) is 23.2 Å². The van der Waals surface area contributed by atoms with E-state index in [-0.39, 0.29) is 5.91 Å². The summed E-state index contributed by atoms with van der Waals surface area (Å²) in [5.74, 6) is 1.42. The van der Waals surface area contributed by atoms with Crippen LogP contribution in [0.4, 0.5) is 5.69 Å². The van der Waals surface area contributed by atoms with Gasteiger partial charge in [0, 0.05) is 11.6 Å². The number of nitrogens with zero attached hydrogens (tertiary/aromatic N) is 1. The fourth-order valence-corrected chi connectivity index (χ4v) is 2.52. The van der Waals surface area contributed by atoms with Crippen LogP contribution in [0.5, 0.6) is 5.75 Å². The number of ether oxygens (including phenoxy) is 1. The van der Waals surface area contributed by atoms with Crippen LogP contribution in [0.1, 0.15) is 35.1 Å². The highest BCUT2D eigenvalue weighted by molar-refractivity contribution is 6.02. The number of anilines is 1. The standard InChI is InChI=1S/C16H19N3O3/c1-21-13-4-2-12(3-5-13)18-15(20)14-10-22-16(19-14)11-6-8-17-9-7-11/h2-5,10-11,17H,6-9H2,1H3,(H,18,20). The van der Waals surface area contributed by atoms with Gasteiger partial charge < -0.3 is 19.8 Å². The zero-order valence-electron chi connectivity index (χ0n) is 12.5. The van der Waals surface area contributed by atoms with Gasteiger partial charge in [-0.05, 0) is 50.2 Å². The van der Waals surface area contributed by atoms with E-state index in [2.05, 4.69) is 15.6 Å². The molecule has 2 aromatic rings. The van der Waals surface area contributed by atoms with Crippen molar-refractivity contribution in [2.45, 2.75) is 18.8 Å². The molecule has 1 aliphatic heterocycles. The lowest BCUT2D eigenvalue weighted by Crippen LogP contribution is -2.26. The molecule has 1 aromatic carbocycles. The first-order chi connectivity index (χ1) is 10.8. The first kappa shape index (κ1) is 14.6. The second-order valence-corrected chi connectivity index (χ2v) is 5.28. The molecular formula is C16H19N3O3. The van der Waals surface area contributed by atoms with E-state index in [1.165, 1.54) is 6.26 Å². The van der Waals surface area contributed by atoms with Crippen LogP contribution in [0.15, 0.2) is 34.9 Å². The third-order valence-electron chi connectivity index (χ3n) is 3.79. The lowest BCUT2D eigenvalue weighted by Gasteiger charge is -2.19. The van der Waals surface area contributed by atoms with Gasteiger partial charge >= 0.3 is 0 Å². The summed E-state index contributed by atoms with van der Waals surface area (Å²) in [6.07, 6.45) is 3.40. The van der Waals surface area contributed by atoms with Gasteiger partial charge in [0.2, 0.25) is 0 Å². The fourth-order valence-electron chi connectivity index (χ4n) is 2.52. The van der Waals surface area contributed by atoms with E-state index >= 15 is 0 Å². The summed E-state index contributed by atoms with van der Waals surface area (Å²) in [5, 5.41) is 6.09. The zero-order valence-corrected chi connectivity index (χ0v) is 12.5. The number of hydrogen-bond donors (Lipinski definition) is 2. The van der Waals surface area contributed by atoms with Gasteiger partial charge in [-0.25, -0.2) is 4.98 Å². The molecule has 0 saturated carbocycles. The summed E-state index contributed by atoms with van der Waals surface area (Å²) < 4.78 is 10.6. The van der Waals surface area contributed by atoms with Crippen LogP contribution in [0.25, 0.3) is 0 Å². The van der Waals surface area contributed by atoms with Gasteiger partial charge in [-0.1, -0.05) is 0 Å². The van der Waals surface area contributed by atoms with Crippen molar-refractivity contribution in [2.24, 2.45) is 0 Å². The van der Waals surface area contributed by atoms with Crippen LogP contribution in [-0.2, 0) is 0 Å². The normalized spacial score (nSPS) is 15.5. The van der Waals surface area contributed by atoms with Gasteiger partial charge in [0.15, 0.2) is 11.6 Å². The molecule has 6 nitrogen and oxygen atoms in total. The molecule has 0 unspecified atom stereocenters. The zero-order chi connectivity index (χ0) is 15.4. The van der Waals surface area contributed by atoms with E-state index in [4.69, 9.17) is 9.15 Å². The monoisotopic (exact) mass is 301 g/mol. The van der Waals surface area contributed by atoms with E-state index in [1.807, 2.05) is 0 Å². The van der Waals surface area contributed by atoms with Crippen molar-refractivity contribution in [3.8, 4) is 5.75 Å². The predicted octanol–water partition coefficient (Wildman–Crippen LogP) is 2.40. The summed E-state index contributed by atoms with van der Waals surface area (Å²) in [6.45, 7) is 1.92. The van der Waals surface area contributed by atoms with Gasteiger partial charge in [-0.2, -0.15) is 0 Å². The molecule has 0 aliphatic carbocycles. The number of hydrogen-bond acceptors (Lipinski definition) is 5. The Labute approximate surface area is 128 Å². The smallest absolute Gasteiger partial charge is 0.277 e. The van der Waals surface area contributed by atoms with Crippen LogP contribution in [0.3, 0.4) is 0 Å². The molecule has 0 radical (unpaired) electrons. The number of aromatic nitrogens is 1. The average molecular weight is 301 g/mol. The van der Waals surface area contributed by atoms with Crippen LogP contribution in [0, 0.1) is 0 Å². The van der Waals surface area contributed by atoms with Crippen molar-refractivity contribution in [1.29, 1.82) is 0 Å². The van der Waals surface area contributed by atoms with Crippen molar-refractivity contribution in [1.82, 2.24) is 10.3 Å². The third kappa shape index (κ3) is 3.28. The highest BCUT2D eigenvalue weighted by Gasteiger charge is 2.22. The quantitative estimate of drug-likeness (QED) is 0.907. The number of amides is 1. The maximum absolute atomic E-state index is 12.2. The maximum atomic E-state index is 12.2. The van der Waals surface area contributed by atoms with Crippen molar-refractivity contribution in [3.63, 3.8) is 0 Å². The highest BCUT2D eigenvalue weighted by atomic mass is 16.5. The van der Waals surface area contributed by atoms with E-state index in [1.54, 1.807) is 31.4 Å². The van der Waals surface area contributed by atoms with Gasteiger partial charge in [-0.3, -0.25) is 4.79 Å². The molecule has 1 aliphatic rings. The van der Waals surface area contributed by atoms with Crippen LogP contribution >= 0.6 is 0 Å². The predicted molar refractivity (Wildman–Crippen MR) is 82.3 cm³/mol. The Kier molecular flexibility index (Phi) is 4.39. The number of oxazole rings is 1. The van der Waals surface area contributed by atoms with E-state index in [9.17, 15) is 4.79 Å². The molecular weight excluding hydrogens is 282 g/mol. The van der Waals surface area contributed by atoms with Gasteiger partial charge in [-0.15, -0.1) is 0 Å². The number of methoxy groups -OCH3 is 1. The summed E-state index contributed by atoms with van der Waals surface area (Å²) in [6, 6.07) is 7.15. The maximum Gasteiger partial charge on any atom is 0.277 e. The summed E-state index contributed by atoms with van der Waals surface area (Å²) >= 11 is 0. The molecule has 0 spiro atoms.